The van der Waals surface area contributed by atoms with Gasteiger partial charge in [-0.25, -0.2) is 8.42 Å². The molecule has 0 aromatic carbocycles. The average Bonchev–Trinajstić information content (AvgIpc) is 2.63. The van der Waals surface area contributed by atoms with Gasteiger partial charge in [0.05, 0.1) is 22.8 Å². The van der Waals surface area contributed by atoms with Gasteiger partial charge in [0.1, 0.15) is 5.82 Å². The van der Waals surface area contributed by atoms with Crippen molar-refractivity contribution in [1.29, 1.82) is 0 Å². The fraction of sp³-hybridized carbons (Fsp3) is 0.600. The van der Waals surface area contributed by atoms with Gasteiger partial charge in [0.15, 0.2) is 15.7 Å². The van der Waals surface area contributed by atoms with Crippen LogP contribution in [0, 0.1) is 6.92 Å². The molecule has 2 rings (SSSR count). The molecule has 9 heteroatoms. The van der Waals surface area contributed by atoms with Crippen molar-refractivity contribution in [1.82, 2.24) is 9.78 Å². The Morgan fingerprint density at radius 3 is 2.53 bits per heavy atom. The number of hydrogen-bond acceptors (Lipinski definition) is 6. The molecule has 1 aliphatic heterocycles. The second kappa shape index (κ2) is 4.72. The van der Waals surface area contributed by atoms with Gasteiger partial charge in [0.25, 0.3) is 0 Å². The Morgan fingerprint density at radius 2 is 2.00 bits per heavy atom. The molecular weight excluding hydrogens is 270 g/mol. The topological polar surface area (TPSA) is 114 Å². The van der Waals surface area contributed by atoms with Gasteiger partial charge in [-0.3, -0.25) is 4.68 Å². The van der Waals surface area contributed by atoms with Crippen LogP contribution in [0.15, 0.2) is 5.16 Å². The largest absolute Gasteiger partial charge is 0.409 e. The Hall–Kier alpha value is -1.77. The zero-order valence-corrected chi connectivity index (χ0v) is 11.7. The lowest BCUT2D eigenvalue weighted by atomic mass is 10.2. The third-order valence-corrected chi connectivity index (χ3v) is 4.81. The predicted molar refractivity (Wildman–Crippen MR) is 71.3 cm³/mol. The fourth-order valence-electron chi connectivity index (χ4n) is 2.28. The molecule has 0 unspecified atom stereocenters. The monoisotopic (exact) mass is 287 g/mol. The Bertz CT molecular complexity index is 605. The summed E-state index contributed by atoms with van der Waals surface area (Å²) in [6, 6.07) is 0. The fourth-order valence-corrected chi connectivity index (χ4v) is 3.48. The van der Waals surface area contributed by atoms with E-state index in [0.717, 1.165) is 0 Å². The molecule has 1 aliphatic rings. The van der Waals surface area contributed by atoms with E-state index in [0.29, 0.717) is 30.2 Å². The van der Waals surface area contributed by atoms with Gasteiger partial charge in [0.2, 0.25) is 0 Å². The van der Waals surface area contributed by atoms with Crippen molar-refractivity contribution in [2.45, 2.75) is 6.92 Å². The highest BCUT2D eigenvalue weighted by Gasteiger charge is 2.27. The highest BCUT2D eigenvalue weighted by molar-refractivity contribution is 7.91. The summed E-state index contributed by atoms with van der Waals surface area (Å²) in [5, 5.41) is 16.1. The van der Waals surface area contributed by atoms with E-state index in [9.17, 15) is 8.42 Å². The molecule has 8 nitrogen and oxygen atoms in total. The Balaban J connectivity index is 2.40. The first-order valence-electron chi connectivity index (χ1n) is 5.82. The molecule has 1 saturated heterocycles. The number of hydrogen-bond donors (Lipinski definition) is 2. The Kier molecular flexibility index (Phi) is 3.40. The van der Waals surface area contributed by atoms with E-state index >= 15 is 0 Å². The SMILES string of the molecule is Cc1nn(C)c(N2CCS(=O)(=O)CC2)c1C(N)=NO. The van der Waals surface area contributed by atoms with E-state index in [1.165, 1.54) is 0 Å². The Labute approximate surface area is 111 Å². The van der Waals surface area contributed by atoms with Gasteiger partial charge in [-0.05, 0) is 6.92 Å². The van der Waals surface area contributed by atoms with Crippen LogP contribution in [0.1, 0.15) is 11.3 Å². The van der Waals surface area contributed by atoms with E-state index in [1.807, 2.05) is 4.90 Å². The zero-order valence-electron chi connectivity index (χ0n) is 10.9. The van der Waals surface area contributed by atoms with Crippen LogP contribution in [0.25, 0.3) is 0 Å². The summed E-state index contributed by atoms with van der Waals surface area (Å²) in [6.45, 7) is 2.53. The first-order chi connectivity index (χ1) is 8.85. The van der Waals surface area contributed by atoms with Gasteiger partial charge >= 0.3 is 0 Å². The van der Waals surface area contributed by atoms with Gasteiger partial charge in [-0.15, -0.1) is 0 Å². The van der Waals surface area contributed by atoms with Crippen LogP contribution < -0.4 is 10.6 Å². The second-order valence-corrected chi connectivity index (χ2v) is 6.84. The Morgan fingerprint density at radius 1 is 1.42 bits per heavy atom. The molecular formula is C10H17N5O3S. The minimum absolute atomic E-state index is 0.0194. The summed E-state index contributed by atoms with van der Waals surface area (Å²) in [5.41, 5.74) is 6.86. The van der Waals surface area contributed by atoms with Gasteiger partial charge < -0.3 is 15.8 Å². The maximum Gasteiger partial charge on any atom is 0.175 e. The lowest BCUT2D eigenvalue weighted by molar-refractivity contribution is 0.318. The van der Waals surface area contributed by atoms with Crippen LogP contribution in [0.3, 0.4) is 0 Å². The number of nitrogens with zero attached hydrogens (tertiary/aromatic N) is 4. The normalized spacial score (nSPS) is 19.7. The molecule has 0 saturated carbocycles. The molecule has 3 N–H and O–H groups in total. The molecule has 0 spiro atoms. The van der Waals surface area contributed by atoms with E-state index in [2.05, 4.69) is 10.3 Å². The molecule has 1 aromatic heterocycles. The molecule has 2 heterocycles. The van der Waals surface area contributed by atoms with Crippen molar-refractivity contribution in [2.75, 3.05) is 29.5 Å². The molecule has 0 atom stereocenters. The second-order valence-electron chi connectivity index (χ2n) is 4.53. The van der Waals surface area contributed by atoms with Crippen molar-refractivity contribution >= 4 is 21.5 Å². The van der Waals surface area contributed by atoms with Crippen LogP contribution in [0.4, 0.5) is 5.82 Å². The summed E-state index contributed by atoms with van der Waals surface area (Å²) < 4.78 is 24.5. The molecule has 0 radical (unpaired) electrons. The first kappa shape index (κ1) is 13.7. The number of rotatable bonds is 2. The highest BCUT2D eigenvalue weighted by atomic mass is 32.2. The standard InChI is InChI=1S/C10H17N5O3S/c1-7-8(9(11)13-16)10(14(2)12-7)15-3-5-19(17,18)6-4-15/h16H,3-6H2,1-2H3,(H2,11,13). The summed E-state index contributed by atoms with van der Waals surface area (Å²) in [4.78, 5) is 1.90. The van der Waals surface area contributed by atoms with Crippen molar-refractivity contribution in [3.8, 4) is 0 Å². The number of amidine groups is 1. The van der Waals surface area contributed by atoms with E-state index in [4.69, 9.17) is 10.9 Å². The average molecular weight is 287 g/mol. The number of nitrogens with two attached hydrogens (primary N) is 1. The summed E-state index contributed by atoms with van der Waals surface area (Å²) in [5.74, 6) is 0.872. The molecule has 0 amide bonds. The van der Waals surface area contributed by atoms with Gasteiger partial charge in [-0.2, -0.15) is 5.10 Å². The van der Waals surface area contributed by atoms with Crippen LogP contribution >= 0.6 is 0 Å². The summed E-state index contributed by atoms with van der Waals surface area (Å²) in [6.07, 6.45) is 0. The number of oxime groups is 1. The van der Waals surface area contributed by atoms with Crippen LogP contribution in [-0.2, 0) is 16.9 Å². The van der Waals surface area contributed by atoms with E-state index in [1.54, 1.807) is 18.7 Å². The van der Waals surface area contributed by atoms with Crippen LogP contribution in [0.2, 0.25) is 0 Å². The van der Waals surface area contributed by atoms with Crippen molar-refractivity contribution < 1.29 is 13.6 Å². The zero-order chi connectivity index (χ0) is 14.2. The maximum atomic E-state index is 11.5. The molecule has 19 heavy (non-hydrogen) atoms. The number of aromatic nitrogens is 2. The molecule has 0 bridgehead atoms. The van der Waals surface area contributed by atoms with E-state index in [-0.39, 0.29) is 17.3 Å². The molecule has 1 aromatic rings. The highest BCUT2D eigenvalue weighted by Crippen LogP contribution is 2.24. The van der Waals surface area contributed by atoms with Crippen LogP contribution in [0.5, 0.6) is 0 Å². The minimum atomic E-state index is -2.95. The predicted octanol–water partition coefficient (Wildman–Crippen LogP) is -0.942. The molecule has 106 valence electrons. The third-order valence-electron chi connectivity index (χ3n) is 3.20. The maximum absolute atomic E-state index is 11.5. The number of aryl methyl sites for hydroxylation is 2. The summed E-state index contributed by atoms with van der Waals surface area (Å²) >= 11 is 0. The lowest BCUT2D eigenvalue weighted by Gasteiger charge is -2.29. The first-order valence-corrected chi connectivity index (χ1v) is 7.64. The van der Waals surface area contributed by atoms with Crippen molar-refractivity contribution in [3.05, 3.63) is 11.3 Å². The smallest absolute Gasteiger partial charge is 0.175 e. The third kappa shape index (κ3) is 2.50. The number of sulfone groups is 1. The van der Waals surface area contributed by atoms with E-state index < -0.39 is 9.84 Å². The van der Waals surface area contributed by atoms with Gasteiger partial charge in [-0.1, -0.05) is 5.16 Å². The van der Waals surface area contributed by atoms with Crippen molar-refractivity contribution in [3.63, 3.8) is 0 Å². The van der Waals surface area contributed by atoms with Gasteiger partial charge in [0, 0.05) is 20.1 Å². The van der Waals surface area contributed by atoms with Crippen molar-refractivity contribution in [2.24, 2.45) is 17.9 Å². The molecule has 1 fully saturated rings. The summed E-state index contributed by atoms with van der Waals surface area (Å²) in [7, 11) is -1.20. The lowest BCUT2D eigenvalue weighted by Crippen LogP contribution is -2.42. The quantitative estimate of drug-likeness (QED) is 0.314. The minimum Gasteiger partial charge on any atom is -0.409 e. The number of anilines is 1. The van der Waals surface area contributed by atoms with Crippen LogP contribution in [-0.4, -0.2) is 53.8 Å². The molecule has 0 aliphatic carbocycles.